The Labute approximate surface area is 135 Å². The summed E-state index contributed by atoms with van der Waals surface area (Å²) in [5, 5.41) is 0. The minimum Gasteiger partial charge on any atom is -0.496 e. The van der Waals surface area contributed by atoms with Crippen LogP contribution < -0.4 is 4.74 Å². The van der Waals surface area contributed by atoms with E-state index in [0.29, 0.717) is 24.2 Å². The SMILES string of the molecule is CCOC1CC(CC(=O)c2c(C)c(Br)cc(C)c2OC)C1. The zero-order valence-corrected chi connectivity index (χ0v) is 14.7. The summed E-state index contributed by atoms with van der Waals surface area (Å²) in [5.41, 5.74) is 2.67. The van der Waals surface area contributed by atoms with Crippen molar-refractivity contribution in [3.63, 3.8) is 0 Å². The van der Waals surface area contributed by atoms with Gasteiger partial charge in [0.15, 0.2) is 5.78 Å². The fraction of sp³-hybridized carbons (Fsp3) is 0.588. The Morgan fingerprint density at radius 1 is 1.38 bits per heavy atom. The normalized spacial score (nSPS) is 21.0. The number of halogens is 1. The first-order chi connectivity index (χ1) is 9.97. The average Bonchev–Trinajstić information content (AvgIpc) is 2.39. The average molecular weight is 355 g/mol. The molecule has 0 radical (unpaired) electrons. The lowest BCUT2D eigenvalue weighted by Crippen LogP contribution is -2.32. The highest BCUT2D eigenvalue weighted by atomic mass is 79.9. The summed E-state index contributed by atoms with van der Waals surface area (Å²) < 4.78 is 12.0. The molecule has 1 aliphatic rings. The molecule has 0 amide bonds. The fourth-order valence-electron chi connectivity index (χ4n) is 3.03. The predicted molar refractivity (Wildman–Crippen MR) is 87.3 cm³/mol. The number of methoxy groups -OCH3 is 1. The molecule has 3 nitrogen and oxygen atoms in total. The van der Waals surface area contributed by atoms with Gasteiger partial charge in [-0.1, -0.05) is 15.9 Å². The molecule has 1 aliphatic carbocycles. The number of carbonyl (C=O) groups is 1. The Morgan fingerprint density at radius 3 is 2.62 bits per heavy atom. The van der Waals surface area contributed by atoms with E-state index in [2.05, 4.69) is 15.9 Å². The van der Waals surface area contributed by atoms with Gasteiger partial charge in [0.05, 0.1) is 18.8 Å². The lowest BCUT2D eigenvalue weighted by Gasteiger charge is -2.34. The Hall–Kier alpha value is -0.870. The Bertz CT molecular complexity index is 533. The number of ether oxygens (including phenoxy) is 2. The lowest BCUT2D eigenvalue weighted by atomic mass is 9.78. The quantitative estimate of drug-likeness (QED) is 0.707. The topological polar surface area (TPSA) is 35.5 Å². The Kier molecular flexibility index (Phi) is 5.44. The second-order valence-electron chi connectivity index (χ2n) is 5.75. The highest BCUT2D eigenvalue weighted by Gasteiger charge is 2.32. The van der Waals surface area contributed by atoms with Crippen molar-refractivity contribution in [1.82, 2.24) is 0 Å². The molecule has 0 bridgehead atoms. The number of benzene rings is 1. The van der Waals surface area contributed by atoms with Gasteiger partial charge in [-0.2, -0.15) is 0 Å². The molecule has 0 aliphatic heterocycles. The third-order valence-electron chi connectivity index (χ3n) is 4.21. The molecule has 1 saturated carbocycles. The zero-order valence-electron chi connectivity index (χ0n) is 13.2. The molecule has 0 N–H and O–H groups in total. The van der Waals surface area contributed by atoms with Crippen molar-refractivity contribution in [1.29, 1.82) is 0 Å². The van der Waals surface area contributed by atoms with Crippen LogP contribution in [0.4, 0.5) is 0 Å². The van der Waals surface area contributed by atoms with E-state index < -0.39 is 0 Å². The van der Waals surface area contributed by atoms with E-state index >= 15 is 0 Å². The molecule has 1 fully saturated rings. The van der Waals surface area contributed by atoms with Crippen molar-refractivity contribution >= 4 is 21.7 Å². The monoisotopic (exact) mass is 354 g/mol. The molecule has 21 heavy (non-hydrogen) atoms. The molecule has 0 heterocycles. The third kappa shape index (κ3) is 3.49. The summed E-state index contributed by atoms with van der Waals surface area (Å²) in [6.07, 6.45) is 2.92. The van der Waals surface area contributed by atoms with Crippen LogP contribution in [0.2, 0.25) is 0 Å². The first kappa shape index (κ1) is 16.5. The van der Waals surface area contributed by atoms with Crippen LogP contribution in [0.25, 0.3) is 0 Å². The van der Waals surface area contributed by atoms with Gasteiger partial charge < -0.3 is 9.47 Å². The molecule has 4 heteroatoms. The van der Waals surface area contributed by atoms with Gasteiger partial charge in [0.2, 0.25) is 0 Å². The number of Topliss-reactive ketones (excluding diaryl/α,β-unsaturated/α-hetero) is 1. The number of carbonyl (C=O) groups excluding carboxylic acids is 1. The van der Waals surface area contributed by atoms with Crippen molar-refractivity contribution in [2.75, 3.05) is 13.7 Å². The standard InChI is InChI=1S/C17H23BrO3/c1-5-21-13-7-12(8-13)9-15(19)16-11(3)14(18)6-10(2)17(16)20-4/h6,12-13H,5,7-9H2,1-4H3. The molecule has 0 spiro atoms. The van der Waals surface area contributed by atoms with Crippen LogP contribution in [-0.4, -0.2) is 25.6 Å². The van der Waals surface area contributed by atoms with Crippen LogP contribution in [0.3, 0.4) is 0 Å². The van der Waals surface area contributed by atoms with Crippen LogP contribution in [0.15, 0.2) is 10.5 Å². The van der Waals surface area contributed by atoms with Gasteiger partial charge in [-0.15, -0.1) is 0 Å². The molecule has 0 atom stereocenters. The maximum Gasteiger partial charge on any atom is 0.167 e. The number of aryl methyl sites for hydroxylation is 1. The molecule has 1 aromatic carbocycles. The van der Waals surface area contributed by atoms with Crippen LogP contribution >= 0.6 is 15.9 Å². The van der Waals surface area contributed by atoms with E-state index in [4.69, 9.17) is 9.47 Å². The summed E-state index contributed by atoms with van der Waals surface area (Å²) in [6.45, 7) is 6.69. The summed E-state index contributed by atoms with van der Waals surface area (Å²) in [5.74, 6) is 1.33. The largest absolute Gasteiger partial charge is 0.496 e. The third-order valence-corrected chi connectivity index (χ3v) is 5.04. The van der Waals surface area contributed by atoms with Crippen molar-refractivity contribution in [3.8, 4) is 5.75 Å². The molecular weight excluding hydrogens is 332 g/mol. The van der Waals surface area contributed by atoms with E-state index in [-0.39, 0.29) is 5.78 Å². The summed E-state index contributed by atoms with van der Waals surface area (Å²) in [4.78, 5) is 12.7. The van der Waals surface area contributed by atoms with Gasteiger partial charge >= 0.3 is 0 Å². The van der Waals surface area contributed by atoms with Gasteiger partial charge in [-0.05, 0) is 56.7 Å². The molecule has 0 aromatic heterocycles. The Morgan fingerprint density at radius 2 is 2.05 bits per heavy atom. The second-order valence-corrected chi connectivity index (χ2v) is 6.60. The van der Waals surface area contributed by atoms with E-state index in [9.17, 15) is 4.79 Å². The summed E-state index contributed by atoms with van der Waals surface area (Å²) >= 11 is 3.53. The van der Waals surface area contributed by atoms with Gasteiger partial charge in [0, 0.05) is 17.5 Å². The van der Waals surface area contributed by atoms with Crippen LogP contribution in [0, 0.1) is 19.8 Å². The van der Waals surface area contributed by atoms with E-state index in [1.165, 1.54) is 0 Å². The number of ketones is 1. The van der Waals surface area contributed by atoms with E-state index in [1.807, 2.05) is 26.8 Å². The lowest BCUT2D eigenvalue weighted by molar-refractivity contribution is -0.0246. The van der Waals surface area contributed by atoms with Crippen molar-refractivity contribution in [2.45, 2.75) is 46.1 Å². The summed E-state index contributed by atoms with van der Waals surface area (Å²) in [7, 11) is 1.63. The van der Waals surface area contributed by atoms with Crippen LogP contribution in [0.5, 0.6) is 5.75 Å². The molecule has 1 aromatic rings. The van der Waals surface area contributed by atoms with Crippen LogP contribution in [-0.2, 0) is 4.74 Å². The number of hydrogen-bond donors (Lipinski definition) is 0. The van der Waals surface area contributed by atoms with E-state index in [1.54, 1.807) is 7.11 Å². The Balaban J connectivity index is 2.13. The van der Waals surface area contributed by atoms with Crippen molar-refractivity contribution in [3.05, 3.63) is 27.2 Å². The molecule has 0 unspecified atom stereocenters. The van der Waals surface area contributed by atoms with E-state index in [0.717, 1.165) is 40.6 Å². The highest BCUT2D eigenvalue weighted by molar-refractivity contribution is 9.10. The van der Waals surface area contributed by atoms with Gasteiger partial charge in [-0.25, -0.2) is 0 Å². The number of hydrogen-bond acceptors (Lipinski definition) is 3. The summed E-state index contributed by atoms with van der Waals surface area (Å²) in [6, 6.07) is 2.00. The minimum atomic E-state index is 0.175. The van der Waals surface area contributed by atoms with Gasteiger partial charge in [0.25, 0.3) is 0 Å². The zero-order chi connectivity index (χ0) is 15.6. The first-order valence-electron chi connectivity index (χ1n) is 7.46. The number of rotatable bonds is 6. The maximum absolute atomic E-state index is 12.7. The van der Waals surface area contributed by atoms with Gasteiger partial charge in [0.1, 0.15) is 5.75 Å². The fourth-order valence-corrected chi connectivity index (χ4v) is 3.57. The van der Waals surface area contributed by atoms with Crippen molar-refractivity contribution < 1.29 is 14.3 Å². The predicted octanol–water partition coefficient (Wildman–Crippen LogP) is 4.46. The highest BCUT2D eigenvalue weighted by Crippen LogP contribution is 2.37. The van der Waals surface area contributed by atoms with Crippen molar-refractivity contribution in [2.24, 2.45) is 5.92 Å². The second kappa shape index (κ2) is 6.93. The molecule has 116 valence electrons. The molecular formula is C17H23BrO3. The minimum absolute atomic E-state index is 0.175. The van der Waals surface area contributed by atoms with Crippen LogP contribution in [0.1, 0.15) is 47.7 Å². The van der Waals surface area contributed by atoms with Gasteiger partial charge in [-0.3, -0.25) is 4.79 Å². The smallest absolute Gasteiger partial charge is 0.167 e. The molecule has 0 saturated heterocycles. The maximum atomic E-state index is 12.7. The first-order valence-corrected chi connectivity index (χ1v) is 8.25. The molecule has 2 rings (SSSR count).